The Balaban J connectivity index is 2.51. The third kappa shape index (κ3) is 3.22. The van der Waals surface area contributed by atoms with Crippen molar-refractivity contribution in [3.8, 4) is 0 Å². The molecule has 0 bridgehead atoms. The summed E-state index contributed by atoms with van der Waals surface area (Å²) in [6, 6.07) is 0. The zero-order valence-electron chi connectivity index (χ0n) is 8.49. The molecule has 0 radical (unpaired) electrons. The normalized spacial score (nSPS) is 25.8. The lowest BCUT2D eigenvalue weighted by Crippen LogP contribution is -2.41. The molecule has 1 aliphatic heterocycles. The van der Waals surface area contributed by atoms with Crippen LogP contribution in [0.1, 0.15) is 20.3 Å². The van der Waals surface area contributed by atoms with Gasteiger partial charge in [0, 0.05) is 26.2 Å². The van der Waals surface area contributed by atoms with Crippen LogP contribution in [0.15, 0.2) is 4.99 Å². The quantitative estimate of drug-likeness (QED) is 0.476. The smallest absolute Gasteiger partial charge is 0.191 e. The van der Waals surface area contributed by atoms with E-state index in [1.165, 1.54) is 0 Å². The molecular formula is C9H19N3O. The van der Waals surface area contributed by atoms with E-state index in [4.69, 9.17) is 10.5 Å². The van der Waals surface area contributed by atoms with Crippen LogP contribution in [0.3, 0.4) is 0 Å². The number of ether oxygens (including phenoxy) is 1. The molecule has 0 spiro atoms. The lowest BCUT2D eigenvalue weighted by Gasteiger charge is -2.22. The van der Waals surface area contributed by atoms with Gasteiger partial charge in [0.1, 0.15) is 0 Å². The van der Waals surface area contributed by atoms with Crippen LogP contribution < -0.4 is 5.73 Å². The Kier molecular flexibility index (Phi) is 4.02. The first-order valence-corrected chi connectivity index (χ1v) is 4.90. The van der Waals surface area contributed by atoms with Gasteiger partial charge in [-0.1, -0.05) is 0 Å². The summed E-state index contributed by atoms with van der Waals surface area (Å²) in [5.74, 6) is 0.653. The van der Waals surface area contributed by atoms with E-state index in [0.29, 0.717) is 5.96 Å². The number of aliphatic imine (C=N–C) groups is 1. The zero-order chi connectivity index (χ0) is 9.68. The van der Waals surface area contributed by atoms with Gasteiger partial charge in [0.05, 0.1) is 6.10 Å². The summed E-state index contributed by atoms with van der Waals surface area (Å²) in [6.45, 7) is 7.45. The predicted octanol–water partition coefficient (Wildman–Crippen LogP) is 0.432. The first kappa shape index (κ1) is 10.3. The maximum Gasteiger partial charge on any atom is 0.191 e. The van der Waals surface area contributed by atoms with Crippen LogP contribution >= 0.6 is 0 Å². The van der Waals surface area contributed by atoms with Gasteiger partial charge < -0.3 is 15.4 Å². The van der Waals surface area contributed by atoms with Crippen molar-refractivity contribution in [1.82, 2.24) is 4.90 Å². The lowest BCUT2D eigenvalue weighted by molar-refractivity contribution is 0.0742. The van der Waals surface area contributed by atoms with E-state index in [-0.39, 0.29) is 6.10 Å². The molecule has 2 N–H and O–H groups in total. The first-order chi connectivity index (χ1) is 6.24. The minimum absolute atomic E-state index is 0.258. The molecule has 1 atom stereocenters. The van der Waals surface area contributed by atoms with Crippen molar-refractivity contribution in [2.75, 3.05) is 26.2 Å². The van der Waals surface area contributed by atoms with Crippen molar-refractivity contribution in [3.05, 3.63) is 0 Å². The summed E-state index contributed by atoms with van der Waals surface area (Å²) in [5, 5.41) is 0. The molecule has 13 heavy (non-hydrogen) atoms. The Bertz CT molecular complexity index is 182. The highest BCUT2D eigenvalue weighted by atomic mass is 16.5. The number of rotatable bonds is 1. The molecule has 0 aliphatic carbocycles. The van der Waals surface area contributed by atoms with Crippen molar-refractivity contribution in [2.24, 2.45) is 10.7 Å². The number of hydrogen-bond acceptors (Lipinski definition) is 2. The van der Waals surface area contributed by atoms with Crippen LogP contribution in [-0.2, 0) is 4.74 Å². The average Bonchev–Trinajstić information content (AvgIpc) is 2.30. The van der Waals surface area contributed by atoms with Gasteiger partial charge in [-0.3, -0.25) is 4.99 Å². The van der Waals surface area contributed by atoms with Gasteiger partial charge >= 0.3 is 0 Å². The second kappa shape index (κ2) is 5.07. The Labute approximate surface area is 79.8 Å². The van der Waals surface area contributed by atoms with E-state index in [1.54, 1.807) is 0 Å². The van der Waals surface area contributed by atoms with Crippen molar-refractivity contribution in [1.29, 1.82) is 0 Å². The fourth-order valence-corrected chi connectivity index (χ4v) is 1.46. The second-order valence-corrected chi connectivity index (χ2v) is 3.31. The van der Waals surface area contributed by atoms with Crippen LogP contribution in [0.4, 0.5) is 0 Å². The van der Waals surface area contributed by atoms with E-state index >= 15 is 0 Å². The lowest BCUT2D eigenvalue weighted by atomic mass is 10.3. The van der Waals surface area contributed by atoms with Gasteiger partial charge in [0.2, 0.25) is 0 Å². The second-order valence-electron chi connectivity index (χ2n) is 3.31. The molecule has 4 heteroatoms. The molecule has 0 saturated carbocycles. The molecule has 1 aliphatic rings. The van der Waals surface area contributed by atoms with Crippen molar-refractivity contribution in [2.45, 2.75) is 26.4 Å². The maximum atomic E-state index is 5.81. The number of nitrogens with two attached hydrogens (primary N) is 1. The summed E-state index contributed by atoms with van der Waals surface area (Å²) in [4.78, 5) is 6.29. The SMILES string of the molecule is CCN=C(N)N1CCCOC(C)C1. The molecule has 1 rings (SSSR count). The average molecular weight is 185 g/mol. The molecule has 0 aromatic rings. The summed E-state index contributed by atoms with van der Waals surface area (Å²) < 4.78 is 5.51. The van der Waals surface area contributed by atoms with E-state index < -0.39 is 0 Å². The molecular weight excluding hydrogens is 166 g/mol. The van der Waals surface area contributed by atoms with E-state index in [2.05, 4.69) is 16.8 Å². The van der Waals surface area contributed by atoms with Crippen molar-refractivity contribution in [3.63, 3.8) is 0 Å². The van der Waals surface area contributed by atoms with Gasteiger partial charge in [-0.05, 0) is 20.3 Å². The van der Waals surface area contributed by atoms with Crippen LogP contribution in [-0.4, -0.2) is 43.2 Å². The van der Waals surface area contributed by atoms with Crippen molar-refractivity contribution < 1.29 is 4.74 Å². The Morgan fingerprint density at radius 3 is 3.15 bits per heavy atom. The Morgan fingerprint density at radius 2 is 2.46 bits per heavy atom. The highest BCUT2D eigenvalue weighted by Gasteiger charge is 2.15. The zero-order valence-corrected chi connectivity index (χ0v) is 8.49. The first-order valence-electron chi connectivity index (χ1n) is 4.90. The molecule has 76 valence electrons. The number of guanidine groups is 1. The molecule has 1 fully saturated rings. The Morgan fingerprint density at radius 1 is 1.69 bits per heavy atom. The predicted molar refractivity (Wildman–Crippen MR) is 53.8 cm³/mol. The topological polar surface area (TPSA) is 50.8 Å². The summed E-state index contributed by atoms with van der Waals surface area (Å²) in [5.41, 5.74) is 5.81. The number of nitrogens with zero attached hydrogens (tertiary/aromatic N) is 2. The van der Waals surface area contributed by atoms with E-state index in [0.717, 1.165) is 32.7 Å². The molecule has 0 amide bonds. The highest BCUT2D eigenvalue weighted by Crippen LogP contribution is 2.04. The van der Waals surface area contributed by atoms with Crippen LogP contribution in [0, 0.1) is 0 Å². The highest BCUT2D eigenvalue weighted by molar-refractivity contribution is 5.78. The largest absolute Gasteiger partial charge is 0.377 e. The fraction of sp³-hybridized carbons (Fsp3) is 0.889. The minimum Gasteiger partial charge on any atom is -0.377 e. The Hall–Kier alpha value is -0.770. The minimum atomic E-state index is 0.258. The number of hydrogen-bond donors (Lipinski definition) is 1. The monoisotopic (exact) mass is 185 g/mol. The molecule has 1 saturated heterocycles. The molecule has 0 aromatic heterocycles. The molecule has 0 aromatic carbocycles. The summed E-state index contributed by atoms with van der Waals surface area (Å²) in [6.07, 6.45) is 1.29. The third-order valence-electron chi connectivity index (χ3n) is 2.10. The molecule has 1 unspecified atom stereocenters. The van der Waals surface area contributed by atoms with E-state index in [1.807, 2.05) is 6.92 Å². The van der Waals surface area contributed by atoms with Crippen molar-refractivity contribution >= 4 is 5.96 Å². The fourth-order valence-electron chi connectivity index (χ4n) is 1.46. The van der Waals surface area contributed by atoms with Crippen LogP contribution in [0.5, 0.6) is 0 Å². The van der Waals surface area contributed by atoms with Gasteiger partial charge in [-0.15, -0.1) is 0 Å². The molecule has 4 nitrogen and oxygen atoms in total. The van der Waals surface area contributed by atoms with E-state index in [9.17, 15) is 0 Å². The summed E-state index contributed by atoms with van der Waals surface area (Å²) >= 11 is 0. The van der Waals surface area contributed by atoms with Gasteiger partial charge in [-0.25, -0.2) is 0 Å². The van der Waals surface area contributed by atoms with Crippen LogP contribution in [0.2, 0.25) is 0 Å². The van der Waals surface area contributed by atoms with Crippen LogP contribution in [0.25, 0.3) is 0 Å². The standard InChI is InChI=1S/C9H19N3O/c1-3-11-9(10)12-5-4-6-13-8(2)7-12/h8H,3-7H2,1-2H3,(H2,10,11). The third-order valence-corrected chi connectivity index (χ3v) is 2.10. The van der Waals surface area contributed by atoms with Gasteiger partial charge in [-0.2, -0.15) is 0 Å². The van der Waals surface area contributed by atoms with Gasteiger partial charge in [0.15, 0.2) is 5.96 Å². The maximum absolute atomic E-state index is 5.81. The van der Waals surface area contributed by atoms with Gasteiger partial charge in [0.25, 0.3) is 0 Å². The molecule has 1 heterocycles. The summed E-state index contributed by atoms with van der Waals surface area (Å²) in [7, 11) is 0.